The molecule has 0 saturated heterocycles. The van der Waals surface area contributed by atoms with E-state index in [9.17, 15) is 0 Å². The number of rotatable bonds is 11. The van der Waals surface area contributed by atoms with Crippen molar-refractivity contribution in [2.45, 2.75) is 12.2 Å². The highest BCUT2D eigenvalue weighted by Crippen LogP contribution is 2.49. The molecule has 72 heavy (non-hydrogen) atoms. The smallest absolute Gasteiger partial charge is 0.104 e. The van der Waals surface area contributed by atoms with Crippen molar-refractivity contribution in [3.8, 4) is 89.0 Å². The van der Waals surface area contributed by atoms with Gasteiger partial charge in [-0.1, -0.05) is 255 Å². The Morgan fingerprint density at radius 3 is 1.08 bits per heavy atom. The van der Waals surface area contributed by atoms with Crippen LogP contribution in [-0.4, -0.2) is 0 Å². The molecule has 0 amide bonds. The average molecular weight is 921 g/mol. The van der Waals surface area contributed by atoms with E-state index >= 15 is 0 Å². The highest BCUT2D eigenvalue weighted by Gasteiger charge is 2.28. The van der Waals surface area contributed by atoms with Crippen molar-refractivity contribution in [3.05, 3.63) is 308 Å². The van der Waals surface area contributed by atoms with Crippen LogP contribution < -0.4 is 10.6 Å². The van der Waals surface area contributed by atoms with Crippen LogP contribution in [0, 0.1) is 0 Å². The first-order valence-electron chi connectivity index (χ1n) is 24.9. The summed E-state index contributed by atoms with van der Waals surface area (Å²) in [5.74, 6) is 0. The summed E-state index contributed by atoms with van der Waals surface area (Å²) in [6.07, 6.45) is 2.22. The molecule has 2 nitrogen and oxygen atoms in total. The Morgan fingerprint density at radius 2 is 0.611 bits per heavy atom. The second kappa shape index (κ2) is 20.1. The van der Waals surface area contributed by atoms with Crippen molar-refractivity contribution in [1.29, 1.82) is 0 Å². The van der Waals surface area contributed by atoms with Crippen LogP contribution in [0.2, 0.25) is 0 Å². The van der Waals surface area contributed by atoms with Crippen LogP contribution in [0.4, 0.5) is 0 Å². The summed E-state index contributed by atoms with van der Waals surface area (Å²) in [5, 5.41) is 7.98. The van der Waals surface area contributed by atoms with Crippen molar-refractivity contribution < 1.29 is 0 Å². The lowest BCUT2D eigenvalue weighted by molar-refractivity contribution is 0.443. The molecule has 1 aliphatic heterocycles. The van der Waals surface area contributed by atoms with Crippen molar-refractivity contribution in [2.75, 3.05) is 0 Å². The molecule has 2 N–H and O–H groups in total. The van der Waals surface area contributed by atoms with Crippen LogP contribution in [0.25, 0.3) is 94.7 Å². The Hall–Kier alpha value is -9.08. The summed E-state index contributed by atoms with van der Waals surface area (Å²) in [7, 11) is 0. The zero-order valence-electron chi connectivity index (χ0n) is 39.9. The molecule has 342 valence electrons. The van der Waals surface area contributed by atoms with Gasteiger partial charge in [0, 0.05) is 5.70 Å². The van der Waals surface area contributed by atoms with Gasteiger partial charge >= 0.3 is 0 Å². The van der Waals surface area contributed by atoms with E-state index in [2.05, 4.69) is 302 Å². The molecule has 0 spiro atoms. The van der Waals surface area contributed by atoms with E-state index in [0.717, 1.165) is 50.2 Å². The second-order valence-electron chi connectivity index (χ2n) is 18.5. The SMILES string of the molecule is C1=C(c2ccccc2)NC(c2ccccc2)N[C@@H]1c1cc(-c2ccc(-c3ccccc3)c(-c3ccccc3)c2-c2ccccc2)cc(-c2c(-c3ccccc3)cc(-c3ccccc3)cc2-c2ccccc2)c1. The molecule has 0 saturated carbocycles. The monoisotopic (exact) mass is 920 g/mol. The maximum atomic E-state index is 4.09. The van der Waals surface area contributed by atoms with Crippen LogP contribution >= 0.6 is 0 Å². The lowest BCUT2D eigenvalue weighted by Gasteiger charge is -2.33. The van der Waals surface area contributed by atoms with Crippen LogP contribution in [0.3, 0.4) is 0 Å². The summed E-state index contributed by atoms with van der Waals surface area (Å²) in [6.45, 7) is 0. The van der Waals surface area contributed by atoms with Gasteiger partial charge in [0.15, 0.2) is 0 Å². The predicted octanol–water partition coefficient (Wildman–Crippen LogP) is 18.0. The Bertz CT molecular complexity index is 3570. The third-order valence-corrected chi connectivity index (χ3v) is 13.9. The van der Waals surface area contributed by atoms with Gasteiger partial charge in [0.05, 0.1) is 6.04 Å². The summed E-state index contributed by atoms with van der Waals surface area (Å²) >= 11 is 0. The van der Waals surface area contributed by atoms with Gasteiger partial charge in [-0.25, -0.2) is 0 Å². The first kappa shape index (κ1) is 44.1. The lowest BCUT2D eigenvalue weighted by Crippen LogP contribution is -2.39. The third kappa shape index (κ3) is 9.00. The Morgan fingerprint density at radius 1 is 0.236 bits per heavy atom. The fraction of sp³-hybridized carbons (Fsp3) is 0.0286. The molecule has 0 radical (unpaired) electrons. The standard InChI is InChI=1S/C70H52N2/c1-9-25-49(26-10-1)57-46-63(51-29-13-3-14-30-51)67(64(47-57)52-31-15-4-16-32-52)60-44-58(43-59(45-60)66-48-65(53-33-17-5-18-34-53)71-70(72-66)56-39-23-8-24-40-56)62-42-41-61(50-27-11-2-12-28-50)68(54-35-19-6-20-36-54)69(62)55-37-21-7-22-38-55/h1-48,66,70-72H/t66-,70?/m0/s1. The van der Waals surface area contributed by atoms with E-state index in [0.29, 0.717) is 0 Å². The average Bonchev–Trinajstić information content (AvgIpc) is 3.48. The van der Waals surface area contributed by atoms with Crippen LogP contribution in [0.15, 0.2) is 291 Å². The molecule has 0 fully saturated rings. The van der Waals surface area contributed by atoms with Crippen LogP contribution in [0.5, 0.6) is 0 Å². The van der Waals surface area contributed by atoms with Gasteiger partial charge in [0.2, 0.25) is 0 Å². The van der Waals surface area contributed by atoms with E-state index in [1.807, 2.05) is 0 Å². The number of hydrogen-bond acceptors (Lipinski definition) is 2. The highest BCUT2D eigenvalue weighted by molar-refractivity contribution is 6.03. The molecular weight excluding hydrogens is 869 g/mol. The van der Waals surface area contributed by atoms with Crippen LogP contribution in [-0.2, 0) is 0 Å². The van der Waals surface area contributed by atoms with Gasteiger partial charge in [-0.3, -0.25) is 5.32 Å². The molecule has 0 aromatic heterocycles. The molecule has 11 aromatic carbocycles. The van der Waals surface area contributed by atoms with Gasteiger partial charge in [-0.2, -0.15) is 0 Å². The quantitative estimate of drug-likeness (QED) is 0.135. The topological polar surface area (TPSA) is 24.1 Å². The first-order valence-corrected chi connectivity index (χ1v) is 24.9. The molecule has 0 aliphatic carbocycles. The zero-order valence-corrected chi connectivity index (χ0v) is 39.9. The van der Waals surface area contributed by atoms with Gasteiger partial charge < -0.3 is 5.32 Å². The Labute approximate surface area is 423 Å². The molecular formula is C70H52N2. The van der Waals surface area contributed by atoms with E-state index in [-0.39, 0.29) is 12.2 Å². The minimum atomic E-state index is -0.174. The largest absolute Gasteiger partial charge is 0.366 e. The fourth-order valence-electron chi connectivity index (χ4n) is 10.5. The van der Waals surface area contributed by atoms with Gasteiger partial charge in [-0.05, 0) is 142 Å². The van der Waals surface area contributed by atoms with E-state index in [1.54, 1.807) is 0 Å². The van der Waals surface area contributed by atoms with E-state index in [1.165, 1.54) is 61.2 Å². The molecule has 1 unspecified atom stereocenters. The van der Waals surface area contributed by atoms with Crippen molar-refractivity contribution in [3.63, 3.8) is 0 Å². The van der Waals surface area contributed by atoms with Crippen LogP contribution in [0.1, 0.15) is 28.9 Å². The van der Waals surface area contributed by atoms with Gasteiger partial charge in [0.1, 0.15) is 6.17 Å². The predicted molar refractivity (Wildman–Crippen MR) is 303 cm³/mol. The lowest BCUT2D eigenvalue weighted by atomic mass is 9.80. The molecule has 11 aromatic rings. The third-order valence-electron chi connectivity index (χ3n) is 13.9. The maximum absolute atomic E-state index is 4.09. The van der Waals surface area contributed by atoms with Crippen molar-refractivity contribution in [1.82, 2.24) is 10.6 Å². The Balaban J connectivity index is 1.19. The van der Waals surface area contributed by atoms with Gasteiger partial charge in [-0.15, -0.1) is 0 Å². The minimum Gasteiger partial charge on any atom is -0.366 e. The molecule has 0 bridgehead atoms. The van der Waals surface area contributed by atoms with Gasteiger partial charge in [0.25, 0.3) is 0 Å². The molecule has 12 rings (SSSR count). The summed E-state index contributed by atoms with van der Waals surface area (Å²) in [6, 6.07) is 104. The first-order chi connectivity index (χ1) is 35.7. The highest BCUT2D eigenvalue weighted by atomic mass is 15.2. The van der Waals surface area contributed by atoms with E-state index < -0.39 is 0 Å². The van der Waals surface area contributed by atoms with Crippen molar-refractivity contribution in [2.24, 2.45) is 0 Å². The van der Waals surface area contributed by atoms with Crippen molar-refractivity contribution >= 4 is 5.70 Å². The summed E-state index contributed by atoms with van der Waals surface area (Å²) < 4.78 is 0. The number of benzene rings is 11. The molecule has 1 heterocycles. The molecule has 1 aliphatic rings. The number of nitrogens with one attached hydrogen (secondary N) is 2. The molecule has 2 atom stereocenters. The zero-order chi connectivity index (χ0) is 48.1. The maximum Gasteiger partial charge on any atom is 0.104 e. The molecule has 2 heteroatoms. The normalized spacial score (nSPS) is 14.2. The minimum absolute atomic E-state index is 0.150. The Kier molecular flexibility index (Phi) is 12.3. The fourth-order valence-corrected chi connectivity index (χ4v) is 10.5. The second-order valence-corrected chi connectivity index (χ2v) is 18.5. The summed E-state index contributed by atoms with van der Waals surface area (Å²) in [4.78, 5) is 0. The summed E-state index contributed by atoms with van der Waals surface area (Å²) in [5.41, 5.74) is 23.3. The van der Waals surface area contributed by atoms with E-state index in [4.69, 9.17) is 0 Å². The number of hydrogen-bond donors (Lipinski definition) is 2.